The molecule has 0 spiro atoms. The standard InChI is InChI=1S/C11H20N2O2/c1-8(12)11(14)13-6-7-15-10-5-3-2-4-9(10)13/h8-10H,2-7,12H2,1H3. The quantitative estimate of drug-likeness (QED) is 0.688. The van der Waals surface area contributed by atoms with Gasteiger partial charge in [-0.05, 0) is 19.8 Å². The number of nitrogens with two attached hydrogens (primary N) is 1. The van der Waals surface area contributed by atoms with Gasteiger partial charge in [0, 0.05) is 6.54 Å². The van der Waals surface area contributed by atoms with E-state index < -0.39 is 0 Å². The maximum atomic E-state index is 11.9. The van der Waals surface area contributed by atoms with Crippen molar-refractivity contribution in [3.8, 4) is 0 Å². The summed E-state index contributed by atoms with van der Waals surface area (Å²) in [6.07, 6.45) is 4.85. The number of amides is 1. The van der Waals surface area contributed by atoms with Crippen molar-refractivity contribution < 1.29 is 9.53 Å². The largest absolute Gasteiger partial charge is 0.374 e. The van der Waals surface area contributed by atoms with Gasteiger partial charge in [0.15, 0.2) is 0 Å². The summed E-state index contributed by atoms with van der Waals surface area (Å²) < 4.78 is 5.71. The Labute approximate surface area is 90.8 Å². The summed E-state index contributed by atoms with van der Waals surface area (Å²) in [4.78, 5) is 13.8. The van der Waals surface area contributed by atoms with Crippen LogP contribution in [-0.4, -0.2) is 42.1 Å². The van der Waals surface area contributed by atoms with Crippen molar-refractivity contribution in [2.24, 2.45) is 5.73 Å². The van der Waals surface area contributed by atoms with Crippen LogP contribution < -0.4 is 5.73 Å². The van der Waals surface area contributed by atoms with Gasteiger partial charge in [-0.25, -0.2) is 0 Å². The van der Waals surface area contributed by atoms with Crippen molar-refractivity contribution in [3.63, 3.8) is 0 Å². The topological polar surface area (TPSA) is 55.6 Å². The highest BCUT2D eigenvalue weighted by atomic mass is 16.5. The highest BCUT2D eigenvalue weighted by molar-refractivity contribution is 5.81. The molecule has 86 valence electrons. The first kappa shape index (κ1) is 10.9. The number of morpholine rings is 1. The van der Waals surface area contributed by atoms with Crippen LogP contribution in [0.4, 0.5) is 0 Å². The summed E-state index contributed by atoms with van der Waals surface area (Å²) in [7, 11) is 0. The Morgan fingerprint density at radius 1 is 1.47 bits per heavy atom. The molecule has 2 aliphatic rings. The first-order chi connectivity index (χ1) is 7.20. The molecule has 0 aromatic carbocycles. The van der Waals surface area contributed by atoms with E-state index in [2.05, 4.69) is 0 Å². The van der Waals surface area contributed by atoms with Gasteiger partial charge in [-0.15, -0.1) is 0 Å². The monoisotopic (exact) mass is 212 g/mol. The number of hydrogen-bond donors (Lipinski definition) is 1. The summed E-state index contributed by atoms with van der Waals surface area (Å²) in [5.41, 5.74) is 5.66. The van der Waals surface area contributed by atoms with Gasteiger partial charge in [0.25, 0.3) is 0 Å². The van der Waals surface area contributed by atoms with Gasteiger partial charge < -0.3 is 15.4 Å². The number of nitrogens with zero attached hydrogens (tertiary/aromatic N) is 1. The van der Waals surface area contributed by atoms with Crippen LogP contribution in [0.2, 0.25) is 0 Å². The predicted octanol–water partition coefficient (Wildman–Crippen LogP) is 0.504. The molecule has 3 atom stereocenters. The maximum Gasteiger partial charge on any atom is 0.239 e. The summed E-state index contributed by atoms with van der Waals surface area (Å²) in [6.45, 7) is 3.14. The highest BCUT2D eigenvalue weighted by Crippen LogP contribution is 2.28. The lowest BCUT2D eigenvalue weighted by Gasteiger charge is -2.44. The first-order valence-electron chi connectivity index (χ1n) is 5.88. The van der Waals surface area contributed by atoms with Gasteiger partial charge in [-0.1, -0.05) is 12.8 Å². The van der Waals surface area contributed by atoms with Crippen molar-refractivity contribution in [2.75, 3.05) is 13.2 Å². The Morgan fingerprint density at radius 2 is 2.20 bits per heavy atom. The minimum Gasteiger partial charge on any atom is -0.374 e. The molecular formula is C11H20N2O2. The average molecular weight is 212 g/mol. The highest BCUT2D eigenvalue weighted by Gasteiger charge is 2.37. The molecule has 1 saturated carbocycles. The second kappa shape index (κ2) is 4.49. The fraction of sp³-hybridized carbons (Fsp3) is 0.909. The Balaban J connectivity index is 2.06. The van der Waals surface area contributed by atoms with E-state index in [0.717, 1.165) is 12.8 Å². The lowest BCUT2D eigenvalue weighted by Crippen LogP contribution is -2.57. The number of rotatable bonds is 1. The molecular weight excluding hydrogens is 192 g/mol. The van der Waals surface area contributed by atoms with Crippen molar-refractivity contribution in [2.45, 2.75) is 50.8 Å². The molecule has 1 aliphatic heterocycles. The molecule has 4 nitrogen and oxygen atoms in total. The zero-order valence-corrected chi connectivity index (χ0v) is 9.32. The summed E-state index contributed by atoms with van der Waals surface area (Å²) in [5, 5.41) is 0. The third-order valence-corrected chi connectivity index (χ3v) is 3.40. The second-order valence-corrected chi connectivity index (χ2v) is 4.58. The predicted molar refractivity (Wildman–Crippen MR) is 57.4 cm³/mol. The van der Waals surface area contributed by atoms with Gasteiger partial charge in [-0.3, -0.25) is 4.79 Å². The fourth-order valence-electron chi connectivity index (χ4n) is 2.63. The van der Waals surface area contributed by atoms with E-state index in [0.29, 0.717) is 13.2 Å². The number of fused-ring (bicyclic) bond motifs is 1. The van der Waals surface area contributed by atoms with E-state index in [1.165, 1.54) is 12.8 Å². The smallest absolute Gasteiger partial charge is 0.239 e. The molecule has 1 saturated heterocycles. The van der Waals surface area contributed by atoms with E-state index >= 15 is 0 Å². The molecule has 0 aromatic heterocycles. The van der Waals surface area contributed by atoms with Gasteiger partial charge in [0.1, 0.15) is 0 Å². The van der Waals surface area contributed by atoms with E-state index in [-0.39, 0.29) is 24.1 Å². The number of ether oxygens (including phenoxy) is 1. The zero-order chi connectivity index (χ0) is 10.8. The summed E-state index contributed by atoms with van der Waals surface area (Å²) in [5.74, 6) is 0.0789. The van der Waals surface area contributed by atoms with E-state index in [1.807, 2.05) is 4.90 Å². The Morgan fingerprint density at radius 3 is 2.93 bits per heavy atom. The van der Waals surface area contributed by atoms with Crippen molar-refractivity contribution >= 4 is 5.91 Å². The molecule has 2 rings (SSSR count). The maximum absolute atomic E-state index is 11.9. The number of hydrogen-bond acceptors (Lipinski definition) is 3. The number of carbonyl (C=O) groups is 1. The molecule has 3 unspecified atom stereocenters. The summed E-state index contributed by atoms with van der Waals surface area (Å²) >= 11 is 0. The first-order valence-corrected chi connectivity index (χ1v) is 5.88. The van der Waals surface area contributed by atoms with Crippen molar-refractivity contribution in [1.82, 2.24) is 4.90 Å². The Hall–Kier alpha value is -0.610. The van der Waals surface area contributed by atoms with E-state index in [9.17, 15) is 4.79 Å². The molecule has 4 heteroatoms. The molecule has 0 radical (unpaired) electrons. The SMILES string of the molecule is CC(N)C(=O)N1CCOC2CCCCC21. The van der Waals surface area contributed by atoms with Crippen molar-refractivity contribution in [1.29, 1.82) is 0 Å². The summed E-state index contributed by atoms with van der Waals surface area (Å²) in [6, 6.07) is -0.100. The molecule has 1 aliphatic carbocycles. The van der Waals surface area contributed by atoms with Gasteiger partial charge in [0.05, 0.1) is 24.8 Å². The molecule has 0 bridgehead atoms. The Kier molecular flexibility index (Phi) is 3.26. The van der Waals surface area contributed by atoms with Gasteiger partial charge in [0.2, 0.25) is 5.91 Å². The van der Waals surface area contributed by atoms with Crippen molar-refractivity contribution in [3.05, 3.63) is 0 Å². The van der Waals surface area contributed by atoms with Crippen LogP contribution in [0.1, 0.15) is 32.6 Å². The second-order valence-electron chi connectivity index (χ2n) is 4.58. The zero-order valence-electron chi connectivity index (χ0n) is 9.32. The van der Waals surface area contributed by atoms with Crippen LogP contribution in [0.5, 0.6) is 0 Å². The minimum atomic E-state index is -0.384. The third-order valence-electron chi connectivity index (χ3n) is 3.40. The normalized spacial score (nSPS) is 33.3. The van der Waals surface area contributed by atoms with Crippen LogP contribution >= 0.6 is 0 Å². The number of carbonyl (C=O) groups excluding carboxylic acids is 1. The Bertz CT molecular complexity index is 241. The molecule has 2 N–H and O–H groups in total. The lowest BCUT2D eigenvalue weighted by molar-refractivity contribution is -0.150. The van der Waals surface area contributed by atoms with Gasteiger partial charge >= 0.3 is 0 Å². The van der Waals surface area contributed by atoms with Crippen LogP contribution in [-0.2, 0) is 9.53 Å². The van der Waals surface area contributed by atoms with Crippen LogP contribution in [0.25, 0.3) is 0 Å². The fourth-order valence-corrected chi connectivity index (χ4v) is 2.63. The molecule has 1 amide bonds. The van der Waals surface area contributed by atoms with Crippen LogP contribution in [0.15, 0.2) is 0 Å². The molecule has 1 heterocycles. The lowest BCUT2D eigenvalue weighted by atomic mass is 9.90. The minimum absolute atomic E-state index is 0.0789. The average Bonchev–Trinajstić information content (AvgIpc) is 2.27. The third kappa shape index (κ3) is 2.16. The van der Waals surface area contributed by atoms with Gasteiger partial charge in [-0.2, -0.15) is 0 Å². The molecule has 15 heavy (non-hydrogen) atoms. The molecule has 2 fully saturated rings. The van der Waals surface area contributed by atoms with Crippen LogP contribution in [0.3, 0.4) is 0 Å². The van der Waals surface area contributed by atoms with E-state index in [1.54, 1.807) is 6.92 Å². The van der Waals surface area contributed by atoms with E-state index in [4.69, 9.17) is 10.5 Å². The molecule has 0 aromatic rings. The van der Waals surface area contributed by atoms with Crippen LogP contribution in [0, 0.1) is 0 Å².